The number of hydrogen-bond acceptors (Lipinski definition) is 3. The number of hydrogen-bond donors (Lipinski definition) is 0. The van der Waals surface area contributed by atoms with E-state index in [1.807, 2.05) is 11.8 Å². The lowest BCUT2D eigenvalue weighted by molar-refractivity contribution is 0.0906. The lowest BCUT2D eigenvalue weighted by Gasteiger charge is -2.26. The standard InChI is InChI=1S/C15H16F2O2S/c1-19-15-12(16)6-9(7-13(15)17)14(18)8-4-10-2-3-11(5-8)20-10/h6-8,10-11H,2-5H2,1H3. The Balaban J connectivity index is 1.84. The number of halogens is 2. The molecular weight excluding hydrogens is 282 g/mol. The van der Waals surface area contributed by atoms with Gasteiger partial charge in [-0.3, -0.25) is 4.79 Å². The molecule has 2 fully saturated rings. The number of ether oxygens (including phenoxy) is 1. The summed E-state index contributed by atoms with van der Waals surface area (Å²) >= 11 is 1.96. The summed E-state index contributed by atoms with van der Waals surface area (Å²) in [7, 11) is 1.21. The molecule has 2 atom stereocenters. The number of ketones is 1. The molecule has 0 amide bonds. The van der Waals surface area contributed by atoms with Crippen molar-refractivity contribution in [2.45, 2.75) is 36.2 Å². The highest BCUT2D eigenvalue weighted by atomic mass is 32.2. The number of methoxy groups -OCH3 is 1. The van der Waals surface area contributed by atoms with Gasteiger partial charge in [0.25, 0.3) is 0 Å². The number of Topliss-reactive ketones (excluding diaryl/α,β-unsaturated/α-hetero) is 1. The van der Waals surface area contributed by atoms with Crippen LogP contribution in [0.25, 0.3) is 0 Å². The van der Waals surface area contributed by atoms with Gasteiger partial charge >= 0.3 is 0 Å². The van der Waals surface area contributed by atoms with Crippen molar-refractivity contribution in [1.82, 2.24) is 0 Å². The zero-order valence-corrected chi connectivity index (χ0v) is 12.0. The van der Waals surface area contributed by atoms with E-state index < -0.39 is 17.4 Å². The zero-order chi connectivity index (χ0) is 14.3. The van der Waals surface area contributed by atoms with Crippen molar-refractivity contribution in [3.63, 3.8) is 0 Å². The summed E-state index contributed by atoms with van der Waals surface area (Å²) in [5.41, 5.74) is 0.122. The molecule has 2 bridgehead atoms. The molecule has 20 heavy (non-hydrogen) atoms. The fourth-order valence-electron chi connectivity index (χ4n) is 3.20. The molecule has 0 N–H and O–H groups in total. The van der Waals surface area contributed by atoms with E-state index in [9.17, 15) is 13.6 Å². The van der Waals surface area contributed by atoms with Crippen molar-refractivity contribution in [3.05, 3.63) is 29.3 Å². The molecule has 2 aliphatic rings. The third-order valence-electron chi connectivity index (χ3n) is 4.15. The predicted octanol–water partition coefficient (Wildman–Crippen LogP) is 3.83. The van der Waals surface area contributed by atoms with Crippen LogP contribution in [0.2, 0.25) is 0 Å². The topological polar surface area (TPSA) is 26.3 Å². The Morgan fingerprint density at radius 1 is 1.20 bits per heavy atom. The lowest BCUT2D eigenvalue weighted by Crippen LogP contribution is -2.25. The van der Waals surface area contributed by atoms with Crippen LogP contribution < -0.4 is 4.74 Å². The van der Waals surface area contributed by atoms with Crippen LogP contribution >= 0.6 is 11.8 Å². The molecule has 1 aromatic carbocycles. The van der Waals surface area contributed by atoms with Crippen molar-refractivity contribution in [1.29, 1.82) is 0 Å². The number of carbonyl (C=O) groups is 1. The van der Waals surface area contributed by atoms with E-state index in [-0.39, 0.29) is 17.3 Å². The second-order valence-electron chi connectivity index (χ2n) is 5.46. The Bertz CT molecular complexity index is 512. The molecule has 108 valence electrons. The molecule has 5 heteroatoms. The first kappa shape index (κ1) is 13.9. The summed E-state index contributed by atoms with van der Waals surface area (Å²) in [5, 5.41) is 1.08. The Morgan fingerprint density at radius 3 is 2.25 bits per heavy atom. The fraction of sp³-hybridized carbons (Fsp3) is 0.533. The maximum Gasteiger partial charge on any atom is 0.190 e. The van der Waals surface area contributed by atoms with Gasteiger partial charge in [-0.25, -0.2) is 8.78 Å². The molecule has 0 aromatic heterocycles. The highest BCUT2D eigenvalue weighted by Gasteiger charge is 2.38. The van der Waals surface area contributed by atoms with Crippen LogP contribution in [0.4, 0.5) is 8.78 Å². The summed E-state index contributed by atoms with van der Waals surface area (Å²) in [6.45, 7) is 0. The average molecular weight is 298 g/mol. The Morgan fingerprint density at radius 2 is 1.75 bits per heavy atom. The fourth-order valence-corrected chi connectivity index (χ4v) is 4.98. The summed E-state index contributed by atoms with van der Waals surface area (Å²) in [6.07, 6.45) is 3.97. The van der Waals surface area contributed by atoms with Crippen LogP contribution in [0.15, 0.2) is 12.1 Å². The van der Waals surface area contributed by atoms with Gasteiger partial charge in [0.05, 0.1) is 7.11 Å². The summed E-state index contributed by atoms with van der Waals surface area (Å²) in [6, 6.07) is 2.18. The number of benzene rings is 1. The second kappa shape index (κ2) is 5.35. The van der Waals surface area contributed by atoms with E-state index in [4.69, 9.17) is 0 Å². The quantitative estimate of drug-likeness (QED) is 0.793. The maximum atomic E-state index is 13.7. The van der Waals surface area contributed by atoms with Gasteiger partial charge in [0.15, 0.2) is 23.2 Å². The summed E-state index contributed by atoms with van der Waals surface area (Å²) < 4.78 is 32.0. The SMILES string of the molecule is COc1c(F)cc(C(=O)C2CC3CCC(C2)S3)cc1F. The predicted molar refractivity (Wildman–Crippen MR) is 74.4 cm³/mol. The monoisotopic (exact) mass is 298 g/mol. The Labute approximate surface area is 120 Å². The minimum atomic E-state index is -0.816. The van der Waals surface area contributed by atoms with Crippen molar-refractivity contribution in [2.75, 3.05) is 7.11 Å². The van der Waals surface area contributed by atoms with E-state index in [2.05, 4.69) is 4.74 Å². The van der Waals surface area contributed by atoms with Crippen molar-refractivity contribution in [3.8, 4) is 5.75 Å². The van der Waals surface area contributed by atoms with Crippen LogP contribution in [0.3, 0.4) is 0 Å². The number of fused-ring (bicyclic) bond motifs is 2. The minimum Gasteiger partial charge on any atom is -0.491 e. The molecule has 2 aliphatic heterocycles. The smallest absolute Gasteiger partial charge is 0.190 e. The maximum absolute atomic E-state index is 13.7. The number of thioether (sulfide) groups is 1. The minimum absolute atomic E-state index is 0.0963. The van der Waals surface area contributed by atoms with E-state index in [0.717, 1.165) is 37.8 Å². The molecule has 0 aliphatic carbocycles. The lowest BCUT2D eigenvalue weighted by atomic mass is 9.90. The molecule has 0 saturated carbocycles. The van der Waals surface area contributed by atoms with Gasteiger partial charge in [0, 0.05) is 22.0 Å². The molecule has 2 nitrogen and oxygen atoms in total. The first-order chi connectivity index (χ1) is 9.58. The van der Waals surface area contributed by atoms with E-state index in [0.29, 0.717) is 10.5 Å². The van der Waals surface area contributed by atoms with Gasteiger partial charge < -0.3 is 4.74 Å². The highest BCUT2D eigenvalue weighted by molar-refractivity contribution is 8.00. The normalized spacial score (nSPS) is 28.4. The number of rotatable bonds is 3. The van der Waals surface area contributed by atoms with Gasteiger partial charge in [-0.15, -0.1) is 0 Å². The van der Waals surface area contributed by atoms with Crippen LogP contribution in [0.1, 0.15) is 36.0 Å². The first-order valence-electron chi connectivity index (χ1n) is 6.81. The van der Waals surface area contributed by atoms with Crippen molar-refractivity contribution >= 4 is 17.5 Å². The highest BCUT2D eigenvalue weighted by Crippen LogP contribution is 2.46. The van der Waals surface area contributed by atoms with Crippen LogP contribution in [-0.2, 0) is 0 Å². The molecule has 0 spiro atoms. The van der Waals surface area contributed by atoms with E-state index >= 15 is 0 Å². The van der Waals surface area contributed by atoms with Crippen molar-refractivity contribution < 1.29 is 18.3 Å². The molecule has 1 aromatic rings. The van der Waals surface area contributed by atoms with Gasteiger partial charge in [-0.2, -0.15) is 11.8 Å². The first-order valence-corrected chi connectivity index (χ1v) is 7.75. The Hall–Kier alpha value is -1.10. The zero-order valence-electron chi connectivity index (χ0n) is 11.2. The molecule has 2 saturated heterocycles. The van der Waals surface area contributed by atoms with E-state index in [1.54, 1.807) is 0 Å². The molecule has 2 unspecified atom stereocenters. The van der Waals surface area contributed by atoms with Crippen molar-refractivity contribution in [2.24, 2.45) is 5.92 Å². The van der Waals surface area contributed by atoms with Crippen LogP contribution in [0.5, 0.6) is 5.75 Å². The van der Waals surface area contributed by atoms with Gasteiger partial charge in [0.2, 0.25) is 0 Å². The molecule has 0 radical (unpaired) electrons. The molecular formula is C15H16F2O2S. The summed E-state index contributed by atoms with van der Waals surface area (Å²) in [4.78, 5) is 12.4. The second-order valence-corrected chi connectivity index (χ2v) is 7.07. The van der Waals surface area contributed by atoms with Crippen LogP contribution in [-0.4, -0.2) is 23.4 Å². The third kappa shape index (κ3) is 2.43. The summed E-state index contributed by atoms with van der Waals surface area (Å²) in [5.74, 6) is -2.29. The van der Waals surface area contributed by atoms with Gasteiger partial charge in [-0.1, -0.05) is 0 Å². The van der Waals surface area contributed by atoms with E-state index in [1.165, 1.54) is 7.11 Å². The van der Waals surface area contributed by atoms with Crippen LogP contribution in [0, 0.1) is 17.6 Å². The molecule has 3 rings (SSSR count). The molecule has 2 heterocycles. The average Bonchev–Trinajstić information content (AvgIpc) is 2.76. The largest absolute Gasteiger partial charge is 0.491 e. The van der Waals surface area contributed by atoms with Gasteiger partial charge in [-0.05, 0) is 37.8 Å². The van der Waals surface area contributed by atoms with Gasteiger partial charge in [0.1, 0.15) is 0 Å². The number of carbonyl (C=O) groups excluding carboxylic acids is 1. The Kier molecular flexibility index (Phi) is 3.71. The third-order valence-corrected chi connectivity index (χ3v) is 5.77.